The molecule has 24 heavy (non-hydrogen) atoms. The number of nitrogens with two attached hydrogens (primary N) is 1. The summed E-state index contributed by atoms with van der Waals surface area (Å²) in [6, 6.07) is 3.08. The fourth-order valence-electron chi connectivity index (χ4n) is 2.79. The number of halogens is 1. The number of piperidine rings is 1. The first-order valence-corrected chi connectivity index (χ1v) is 8.44. The van der Waals surface area contributed by atoms with Crippen LogP contribution in [0, 0.1) is 5.92 Å². The van der Waals surface area contributed by atoms with Crippen molar-refractivity contribution in [3.63, 3.8) is 0 Å². The molecule has 0 atom stereocenters. The zero-order chi connectivity index (χ0) is 17.9. The SMILES string of the molecule is COc1cc(N)c(Cl)cc1C(=O)NC1CCN(C(=O)C(C)C)CC1. The van der Waals surface area contributed by atoms with Crippen LogP contribution in [-0.4, -0.2) is 43.0 Å². The number of hydrogen-bond donors (Lipinski definition) is 2. The largest absolute Gasteiger partial charge is 0.496 e. The standard InChI is InChI=1S/C17H24ClN3O3/c1-10(2)17(23)21-6-4-11(5-7-21)20-16(22)12-8-13(18)14(19)9-15(12)24-3/h8-11H,4-7,19H2,1-3H3,(H,20,22). The number of hydrogen-bond acceptors (Lipinski definition) is 4. The number of nitrogen functional groups attached to an aromatic ring is 1. The zero-order valence-corrected chi connectivity index (χ0v) is 15.0. The Balaban J connectivity index is 1.99. The summed E-state index contributed by atoms with van der Waals surface area (Å²) in [7, 11) is 1.48. The lowest BCUT2D eigenvalue weighted by Gasteiger charge is -2.33. The number of rotatable bonds is 4. The number of ether oxygens (including phenoxy) is 1. The third-order valence-corrected chi connectivity index (χ3v) is 4.53. The Bertz CT molecular complexity index is 626. The molecule has 0 saturated carbocycles. The molecular weight excluding hydrogens is 330 g/mol. The lowest BCUT2D eigenvalue weighted by molar-refractivity contribution is -0.135. The van der Waals surface area contributed by atoms with E-state index in [1.807, 2.05) is 18.7 Å². The highest BCUT2D eigenvalue weighted by molar-refractivity contribution is 6.33. The Morgan fingerprint density at radius 3 is 2.50 bits per heavy atom. The van der Waals surface area contributed by atoms with Crippen LogP contribution in [0.3, 0.4) is 0 Å². The van der Waals surface area contributed by atoms with Gasteiger partial charge in [-0.1, -0.05) is 25.4 Å². The van der Waals surface area contributed by atoms with E-state index >= 15 is 0 Å². The molecule has 0 unspecified atom stereocenters. The highest BCUT2D eigenvalue weighted by Crippen LogP contribution is 2.29. The van der Waals surface area contributed by atoms with Gasteiger partial charge in [0.1, 0.15) is 5.75 Å². The van der Waals surface area contributed by atoms with E-state index in [1.54, 1.807) is 6.07 Å². The molecular formula is C17H24ClN3O3. The maximum absolute atomic E-state index is 12.5. The molecule has 2 amide bonds. The molecule has 2 rings (SSSR count). The van der Waals surface area contributed by atoms with E-state index in [4.69, 9.17) is 22.1 Å². The molecule has 1 aliphatic heterocycles. The van der Waals surface area contributed by atoms with Crippen molar-refractivity contribution in [2.24, 2.45) is 5.92 Å². The first-order valence-electron chi connectivity index (χ1n) is 8.06. The normalized spacial score (nSPS) is 15.5. The number of benzene rings is 1. The molecule has 1 aliphatic rings. The summed E-state index contributed by atoms with van der Waals surface area (Å²) in [6.07, 6.45) is 1.46. The monoisotopic (exact) mass is 353 g/mol. The molecule has 0 spiro atoms. The van der Waals surface area contributed by atoms with E-state index < -0.39 is 0 Å². The molecule has 0 aliphatic carbocycles. The van der Waals surface area contributed by atoms with Crippen LogP contribution in [0.25, 0.3) is 0 Å². The van der Waals surface area contributed by atoms with Gasteiger partial charge in [-0.2, -0.15) is 0 Å². The van der Waals surface area contributed by atoms with Crippen LogP contribution in [0.1, 0.15) is 37.0 Å². The van der Waals surface area contributed by atoms with Gasteiger partial charge in [-0.3, -0.25) is 9.59 Å². The minimum Gasteiger partial charge on any atom is -0.496 e. The van der Waals surface area contributed by atoms with Gasteiger partial charge in [0.25, 0.3) is 5.91 Å². The first kappa shape index (κ1) is 18.4. The second-order valence-electron chi connectivity index (χ2n) is 6.30. The average Bonchev–Trinajstić information content (AvgIpc) is 2.56. The summed E-state index contributed by atoms with van der Waals surface area (Å²) in [6.45, 7) is 5.10. The van der Waals surface area contributed by atoms with Crippen LogP contribution in [0.15, 0.2) is 12.1 Å². The van der Waals surface area contributed by atoms with Gasteiger partial charge in [0, 0.05) is 31.1 Å². The third-order valence-electron chi connectivity index (χ3n) is 4.20. The summed E-state index contributed by atoms with van der Waals surface area (Å²) >= 11 is 6.01. The van der Waals surface area contributed by atoms with Gasteiger partial charge < -0.3 is 20.7 Å². The van der Waals surface area contributed by atoms with Crippen molar-refractivity contribution in [2.45, 2.75) is 32.7 Å². The van der Waals surface area contributed by atoms with E-state index in [2.05, 4.69) is 5.32 Å². The van der Waals surface area contributed by atoms with Gasteiger partial charge in [0.2, 0.25) is 5.91 Å². The van der Waals surface area contributed by atoms with Crippen molar-refractivity contribution in [1.82, 2.24) is 10.2 Å². The molecule has 132 valence electrons. The first-order chi connectivity index (χ1) is 11.3. The summed E-state index contributed by atoms with van der Waals surface area (Å²) in [5.41, 5.74) is 6.46. The van der Waals surface area contributed by atoms with Gasteiger partial charge in [-0.05, 0) is 18.9 Å². The van der Waals surface area contributed by atoms with Crippen molar-refractivity contribution >= 4 is 29.1 Å². The Kier molecular flexibility index (Phi) is 5.94. The van der Waals surface area contributed by atoms with Gasteiger partial charge in [-0.25, -0.2) is 0 Å². The highest BCUT2D eigenvalue weighted by atomic mass is 35.5. The Morgan fingerprint density at radius 1 is 1.33 bits per heavy atom. The lowest BCUT2D eigenvalue weighted by Crippen LogP contribution is -2.47. The summed E-state index contributed by atoms with van der Waals surface area (Å²) in [5, 5.41) is 3.31. The molecule has 0 aromatic heterocycles. The van der Waals surface area contributed by atoms with Crippen LogP contribution in [0.4, 0.5) is 5.69 Å². The summed E-state index contributed by atoms with van der Waals surface area (Å²) in [5.74, 6) is 0.299. The number of nitrogens with one attached hydrogen (secondary N) is 1. The minimum absolute atomic E-state index is 0.00248. The molecule has 3 N–H and O–H groups in total. The smallest absolute Gasteiger partial charge is 0.255 e. The molecule has 1 fully saturated rings. The number of anilines is 1. The Labute approximate surface area is 147 Å². The Hall–Kier alpha value is -1.95. The predicted octanol–water partition coefficient (Wildman–Crippen LogP) is 2.31. The molecule has 6 nitrogen and oxygen atoms in total. The molecule has 1 aromatic rings. The van der Waals surface area contributed by atoms with Crippen molar-refractivity contribution in [1.29, 1.82) is 0 Å². The van der Waals surface area contributed by atoms with E-state index in [-0.39, 0.29) is 23.8 Å². The number of carbonyl (C=O) groups excluding carboxylic acids is 2. The van der Waals surface area contributed by atoms with Gasteiger partial charge in [0.05, 0.1) is 23.4 Å². The van der Waals surface area contributed by atoms with E-state index in [0.717, 1.165) is 12.8 Å². The Morgan fingerprint density at radius 2 is 1.96 bits per heavy atom. The number of carbonyl (C=O) groups is 2. The van der Waals surface area contributed by atoms with Gasteiger partial charge in [0.15, 0.2) is 0 Å². The molecule has 7 heteroatoms. The van der Waals surface area contributed by atoms with E-state index in [9.17, 15) is 9.59 Å². The van der Waals surface area contributed by atoms with Crippen LogP contribution in [0.5, 0.6) is 5.75 Å². The topological polar surface area (TPSA) is 84.7 Å². The fourth-order valence-corrected chi connectivity index (χ4v) is 2.95. The fraction of sp³-hybridized carbons (Fsp3) is 0.529. The highest BCUT2D eigenvalue weighted by Gasteiger charge is 2.26. The second kappa shape index (κ2) is 7.75. The van der Waals surface area contributed by atoms with E-state index in [0.29, 0.717) is 35.1 Å². The maximum atomic E-state index is 12.5. The minimum atomic E-state index is -0.248. The summed E-state index contributed by atoms with van der Waals surface area (Å²) < 4.78 is 5.21. The van der Waals surface area contributed by atoms with Crippen LogP contribution >= 0.6 is 11.6 Å². The molecule has 1 saturated heterocycles. The van der Waals surface area contributed by atoms with Crippen LogP contribution in [-0.2, 0) is 4.79 Å². The van der Waals surface area contributed by atoms with Crippen molar-refractivity contribution < 1.29 is 14.3 Å². The number of nitrogens with zero attached hydrogens (tertiary/aromatic N) is 1. The van der Waals surface area contributed by atoms with Crippen LogP contribution < -0.4 is 15.8 Å². The lowest BCUT2D eigenvalue weighted by atomic mass is 10.0. The molecule has 1 aromatic carbocycles. The number of amides is 2. The van der Waals surface area contributed by atoms with Gasteiger partial charge in [-0.15, -0.1) is 0 Å². The van der Waals surface area contributed by atoms with Gasteiger partial charge >= 0.3 is 0 Å². The van der Waals surface area contributed by atoms with Crippen LogP contribution in [0.2, 0.25) is 5.02 Å². The quantitative estimate of drug-likeness (QED) is 0.813. The van der Waals surface area contributed by atoms with Crippen molar-refractivity contribution in [3.05, 3.63) is 22.7 Å². The predicted molar refractivity (Wildman–Crippen MR) is 94.3 cm³/mol. The van der Waals surface area contributed by atoms with Crippen molar-refractivity contribution in [3.8, 4) is 5.75 Å². The number of likely N-dealkylation sites (tertiary alicyclic amines) is 1. The maximum Gasteiger partial charge on any atom is 0.255 e. The molecule has 1 heterocycles. The summed E-state index contributed by atoms with van der Waals surface area (Å²) in [4.78, 5) is 26.4. The molecule has 0 bridgehead atoms. The zero-order valence-electron chi connectivity index (χ0n) is 14.3. The third kappa shape index (κ3) is 4.12. The van der Waals surface area contributed by atoms with Crippen molar-refractivity contribution in [2.75, 3.05) is 25.9 Å². The molecule has 0 radical (unpaired) electrons. The number of methoxy groups -OCH3 is 1. The van der Waals surface area contributed by atoms with E-state index in [1.165, 1.54) is 13.2 Å². The average molecular weight is 354 g/mol. The second-order valence-corrected chi connectivity index (χ2v) is 6.71.